The van der Waals surface area contributed by atoms with Crippen LogP contribution in [0.15, 0.2) is 4.79 Å². The molecule has 0 aliphatic carbocycles. The van der Waals surface area contributed by atoms with Crippen LogP contribution in [0.1, 0.15) is 31.3 Å². The minimum atomic E-state index is 0.173. The summed E-state index contributed by atoms with van der Waals surface area (Å²) >= 11 is 1.35. The largest absolute Gasteiger partial charge is 0.314 e. The molecule has 1 aromatic heterocycles. The Bertz CT molecular complexity index is 392. The molecule has 0 saturated carbocycles. The normalized spacial score (nSPS) is 13.4. The number of hydrogen-bond acceptors (Lipinski definition) is 3. The summed E-state index contributed by atoms with van der Waals surface area (Å²) in [5.41, 5.74) is 1.12. The molecule has 0 aromatic carbocycles. The van der Waals surface area contributed by atoms with Crippen LogP contribution >= 0.6 is 11.3 Å². The molecule has 16 heavy (non-hydrogen) atoms. The Morgan fingerprint density at radius 2 is 1.94 bits per heavy atom. The molecule has 1 unspecified atom stereocenters. The molecule has 0 fully saturated rings. The third-order valence-corrected chi connectivity index (χ3v) is 3.74. The van der Waals surface area contributed by atoms with Gasteiger partial charge in [-0.1, -0.05) is 32.1 Å². The summed E-state index contributed by atoms with van der Waals surface area (Å²) in [5, 5.41) is 3.40. The summed E-state index contributed by atoms with van der Waals surface area (Å²) < 4.78 is 1.90. The second-order valence-electron chi connectivity index (χ2n) is 4.79. The summed E-state index contributed by atoms with van der Waals surface area (Å²) in [6.45, 7) is 12.3. The lowest BCUT2D eigenvalue weighted by Gasteiger charge is -2.16. The molecule has 0 spiro atoms. The van der Waals surface area contributed by atoms with Gasteiger partial charge < -0.3 is 9.88 Å². The number of hydrogen-bond donors (Lipinski definition) is 1. The van der Waals surface area contributed by atoms with E-state index in [0.29, 0.717) is 12.0 Å². The van der Waals surface area contributed by atoms with E-state index in [4.69, 9.17) is 0 Å². The van der Waals surface area contributed by atoms with Crippen LogP contribution in [-0.2, 0) is 6.54 Å². The molecule has 0 bridgehead atoms. The van der Waals surface area contributed by atoms with Crippen molar-refractivity contribution in [3.63, 3.8) is 0 Å². The lowest BCUT2D eigenvalue weighted by atomic mass is 10.1. The maximum absolute atomic E-state index is 11.7. The minimum Gasteiger partial charge on any atom is -0.314 e. The highest BCUT2D eigenvalue weighted by atomic mass is 32.1. The quantitative estimate of drug-likeness (QED) is 0.858. The first-order valence-corrected chi connectivity index (χ1v) is 6.63. The predicted octanol–water partition coefficient (Wildman–Crippen LogP) is 2.16. The minimum absolute atomic E-state index is 0.173. The van der Waals surface area contributed by atoms with Gasteiger partial charge in [0.2, 0.25) is 0 Å². The van der Waals surface area contributed by atoms with Crippen LogP contribution in [-0.4, -0.2) is 17.2 Å². The highest BCUT2D eigenvalue weighted by Crippen LogP contribution is 2.11. The second kappa shape index (κ2) is 5.64. The Hall–Kier alpha value is -0.610. The molecule has 0 radical (unpaired) electrons. The van der Waals surface area contributed by atoms with Crippen LogP contribution in [0.2, 0.25) is 0 Å². The third-order valence-electron chi connectivity index (χ3n) is 2.74. The zero-order valence-electron chi connectivity index (χ0n) is 10.8. The number of nitrogens with zero attached hydrogens (tertiary/aromatic N) is 1. The number of rotatable bonds is 5. The molecule has 3 nitrogen and oxygen atoms in total. The molecule has 1 atom stereocenters. The fourth-order valence-corrected chi connectivity index (χ4v) is 2.45. The van der Waals surface area contributed by atoms with Crippen LogP contribution in [0.4, 0.5) is 0 Å². The molecule has 0 aliphatic rings. The fourth-order valence-electron chi connectivity index (χ4n) is 1.61. The van der Waals surface area contributed by atoms with Gasteiger partial charge in [-0.05, 0) is 26.3 Å². The van der Waals surface area contributed by atoms with E-state index < -0.39 is 0 Å². The highest BCUT2D eigenvalue weighted by Gasteiger charge is 2.11. The topological polar surface area (TPSA) is 34.0 Å². The zero-order chi connectivity index (χ0) is 12.3. The summed E-state index contributed by atoms with van der Waals surface area (Å²) in [5.74, 6) is 0.479. The lowest BCUT2D eigenvalue weighted by Crippen LogP contribution is -2.31. The number of thiazole rings is 1. The second-order valence-corrected chi connectivity index (χ2v) is 5.95. The summed E-state index contributed by atoms with van der Waals surface area (Å²) in [4.78, 5) is 13.0. The third kappa shape index (κ3) is 3.46. The van der Waals surface area contributed by atoms with Crippen molar-refractivity contribution in [2.45, 2.75) is 47.2 Å². The van der Waals surface area contributed by atoms with Crippen molar-refractivity contribution in [1.29, 1.82) is 0 Å². The first-order valence-electron chi connectivity index (χ1n) is 5.82. The van der Waals surface area contributed by atoms with Crippen LogP contribution < -0.4 is 10.2 Å². The molecule has 1 rings (SSSR count). The number of nitrogens with one attached hydrogen (secondary N) is 1. The van der Waals surface area contributed by atoms with E-state index in [-0.39, 0.29) is 4.87 Å². The van der Waals surface area contributed by atoms with Crippen molar-refractivity contribution in [3.05, 3.63) is 20.2 Å². The zero-order valence-corrected chi connectivity index (χ0v) is 11.6. The van der Waals surface area contributed by atoms with Gasteiger partial charge in [-0.3, -0.25) is 4.79 Å². The summed E-state index contributed by atoms with van der Waals surface area (Å²) in [7, 11) is 0. The SMILES string of the molecule is Cc1sc(=O)n(CC(C)CNC(C)C)c1C. The standard InChI is InChI=1S/C12H22N2OS/c1-8(2)13-6-9(3)7-14-10(4)11(5)16-12(14)15/h8-9,13H,6-7H2,1-5H3. The lowest BCUT2D eigenvalue weighted by molar-refractivity contribution is 0.419. The first-order chi connectivity index (χ1) is 7.41. The maximum atomic E-state index is 11.7. The fraction of sp³-hybridized carbons (Fsp3) is 0.750. The van der Waals surface area contributed by atoms with Crippen molar-refractivity contribution in [2.75, 3.05) is 6.54 Å². The van der Waals surface area contributed by atoms with Crippen LogP contribution in [0.5, 0.6) is 0 Å². The van der Waals surface area contributed by atoms with E-state index in [1.807, 2.05) is 18.4 Å². The Kier molecular flexibility index (Phi) is 4.74. The van der Waals surface area contributed by atoms with Gasteiger partial charge in [-0.25, -0.2) is 0 Å². The van der Waals surface area contributed by atoms with E-state index in [1.165, 1.54) is 11.3 Å². The molecule has 0 saturated heterocycles. The Morgan fingerprint density at radius 3 is 2.38 bits per heavy atom. The van der Waals surface area contributed by atoms with Gasteiger partial charge in [0.05, 0.1) is 0 Å². The molecule has 0 aliphatic heterocycles. The van der Waals surface area contributed by atoms with E-state index in [0.717, 1.165) is 23.7 Å². The average molecular weight is 242 g/mol. The molecular formula is C12H22N2OS. The van der Waals surface area contributed by atoms with E-state index in [9.17, 15) is 4.79 Å². The molecule has 1 N–H and O–H groups in total. The highest BCUT2D eigenvalue weighted by molar-refractivity contribution is 7.09. The molecule has 1 aromatic rings. The van der Waals surface area contributed by atoms with Crippen molar-refractivity contribution in [3.8, 4) is 0 Å². The Morgan fingerprint density at radius 1 is 1.31 bits per heavy atom. The van der Waals surface area contributed by atoms with E-state index >= 15 is 0 Å². The summed E-state index contributed by atoms with van der Waals surface area (Å²) in [6.07, 6.45) is 0. The average Bonchev–Trinajstić information content (AvgIpc) is 2.42. The molecule has 92 valence electrons. The molecular weight excluding hydrogens is 220 g/mol. The Labute approximate surface area is 101 Å². The van der Waals surface area contributed by atoms with Gasteiger partial charge >= 0.3 is 4.87 Å². The monoisotopic (exact) mass is 242 g/mol. The predicted molar refractivity (Wildman–Crippen MR) is 70.4 cm³/mol. The van der Waals surface area contributed by atoms with Gasteiger partial charge in [0.1, 0.15) is 0 Å². The van der Waals surface area contributed by atoms with Crippen molar-refractivity contribution >= 4 is 11.3 Å². The van der Waals surface area contributed by atoms with Crippen molar-refractivity contribution in [2.24, 2.45) is 5.92 Å². The van der Waals surface area contributed by atoms with E-state index in [2.05, 4.69) is 26.1 Å². The van der Waals surface area contributed by atoms with Gasteiger partial charge in [-0.15, -0.1) is 0 Å². The molecule has 4 heteroatoms. The van der Waals surface area contributed by atoms with Gasteiger partial charge in [0, 0.05) is 23.2 Å². The maximum Gasteiger partial charge on any atom is 0.307 e. The number of aryl methyl sites for hydroxylation is 1. The first kappa shape index (κ1) is 13.5. The van der Waals surface area contributed by atoms with Crippen LogP contribution in [0.25, 0.3) is 0 Å². The van der Waals surface area contributed by atoms with Gasteiger partial charge in [-0.2, -0.15) is 0 Å². The Balaban J connectivity index is 2.62. The van der Waals surface area contributed by atoms with Crippen molar-refractivity contribution in [1.82, 2.24) is 9.88 Å². The molecule has 1 heterocycles. The molecule has 0 amide bonds. The van der Waals surface area contributed by atoms with Crippen LogP contribution in [0, 0.1) is 19.8 Å². The summed E-state index contributed by atoms with van der Waals surface area (Å²) in [6, 6.07) is 0.504. The number of aromatic nitrogens is 1. The van der Waals surface area contributed by atoms with Crippen molar-refractivity contribution < 1.29 is 0 Å². The smallest absolute Gasteiger partial charge is 0.307 e. The van der Waals surface area contributed by atoms with Gasteiger partial charge in [0.25, 0.3) is 0 Å². The van der Waals surface area contributed by atoms with Crippen LogP contribution in [0.3, 0.4) is 0 Å². The van der Waals surface area contributed by atoms with E-state index in [1.54, 1.807) is 0 Å². The van der Waals surface area contributed by atoms with Gasteiger partial charge in [0.15, 0.2) is 0 Å².